The number of unbranched alkanes of at least 4 members (excludes halogenated alkanes) is 7. The topological polar surface area (TPSA) is 20.2 Å². The van der Waals surface area contributed by atoms with Crippen molar-refractivity contribution in [1.82, 2.24) is 0 Å². The summed E-state index contributed by atoms with van der Waals surface area (Å²) in [5.74, 6) is 0.499. The Labute approximate surface area is 125 Å². The molecule has 0 unspecified atom stereocenters. The molecule has 1 aromatic rings. The third kappa shape index (κ3) is 6.45. The molecule has 0 heterocycles. The summed E-state index contributed by atoms with van der Waals surface area (Å²) in [7, 11) is 0. The summed E-state index contributed by atoms with van der Waals surface area (Å²) < 4.78 is 0. The van der Waals surface area contributed by atoms with Gasteiger partial charge in [0.1, 0.15) is 5.75 Å². The average Bonchev–Trinajstić information content (AvgIpc) is 2.45. The molecule has 1 N–H and O–H groups in total. The first-order valence-corrected chi connectivity index (χ1v) is 8.59. The predicted octanol–water partition coefficient (Wildman–Crippen LogP) is 6.03. The van der Waals surface area contributed by atoms with Crippen LogP contribution in [-0.4, -0.2) is 5.11 Å². The second kappa shape index (κ2) is 10.8. The van der Waals surface area contributed by atoms with E-state index in [1.54, 1.807) is 0 Å². The molecule has 0 saturated carbocycles. The molecule has 1 heteroatoms. The van der Waals surface area contributed by atoms with Gasteiger partial charge in [0.2, 0.25) is 0 Å². The third-order valence-corrected chi connectivity index (χ3v) is 4.08. The molecule has 0 aliphatic rings. The largest absolute Gasteiger partial charge is 0.508 e. The summed E-state index contributed by atoms with van der Waals surface area (Å²) in [6.07, 6.45) is 13.9. The van der Waals surface area contributed by atoms with Gasteiger partial charge in [-0.15, -0.1) is 0 Å². The lowest BCUT2D eigenvalue weighted by molar-refractivity contribution is 0.465. The maximum Gasteiger partial charge on any atom is 0.119 e. The van der Waals surface area contributed by atoms with Crippen molar-refractivity contribution in [3.63, 3.8) is 0 Å². The van der Waals surface area contributed by atoms with E-state index in [9.17, 15) is 5.11 Å². The van der Waals surface area contributed by atoms with E-state index in [0.717, 1.165) is 12.8 Å². The van der Waals surface area contributed by atoms with Crippen LogP contribution >= 0.6 is 0 Å². The highest BCUT2D eigenvalue weighted by atomic mass is 16.3. The van der Waals surface area contributed by atoms with Gasteiger partial charge in [0.25, 0.3) is 0 Å². The second-order valence-corrected chi connectivity index (χ2v) is 5.89. The number of aryl methyl sites for hydroxylation is 1. The first kappa shape index (κ1) is 17.1. The molecule has 0 amide bonds. The maximum absolute atomic E-state index is 10.0. The quantitative estimate of drug-likeness (QED) is 0.489. The number of aromatic hydroxyl groups is 1. The highest BCUT2D eigenvalue weighted by Crippen LogP contribution is 2.24. The number of hydrogen-bond acceptors (Lipinski definition) is 1. The van der Waals surface area contributed by atoms with Crippen LogP contribution in [0.3, 0.4) is 0 Å². The Kier molecular flexibility index (Phi) is 9.19. The van der Waals surface area contributed by atoms with Crippen molar-refractivity contribution in [3.8, 4) is 5.75 Å². The van der Waals surface area contributed by atoms with E-state index in [0.29, 0.717) is 5.75 Å². The number of rotatable bonds is 11. The molecule has 0 bridgehead atoms. The van der Waals surface area contributed by atoms with Crippen LogP contribution in [0.2, 0.25) is 0 Å². The second-order valence-electron chi connectivity index (χ2n) is 5.89. The van der Waals surface area contributed by atoms with Crippen LogP contribution in [0.5, 0.6) is 5.75 Å². The number of phenolic OH excluding ortho intramolecular Hbond substituents is 1. The maximum atomic E-state index is 10.0. The van der Waals surface area contributed by atoms with Crippen molar-refractivity contribution in [1.29, 1.82) is 0 Å². The van der Waals surface area contributed by atoms with E-state index in [1.165, 1.54) is 68.9 Å². The van der Waals surface area contributed by atoms with Gasteiger partial charge in [-0.1, -0.05) is 70.9 Å². The van der Waals surface area contributed by atoms with Crippen molar-refractivity contribution in [3.05, 3.63) is 29.3 Å². The lowest BCUT2D eigenvalue weighted by Gasteiger charge is -2.11. The lowest BCUT2D eigenvalue weighted by atomic mass is 9.96. The van der Waals surface area contributed by atoms with Crippen molar-refractivity contribution >= 4 is 0 Å². The summed E-state index contributed by atoms with van der Waals surface area (Å²) in [5.41, 5.74) is 2.56. The van der Waals surface area contributed by atoms with Crippen LogP contribution in [-0.2, 0) is 12.8 Å². The summed E-state index contributed by atoms with van der Waals surface area (Å²) in [6, 6.07) is 6.02. The fraction of sp³-hybridized carbons (Fsp3) is 0.684. The molecular weight excluding hydrogens is 244 g/mol. The standard InChI is InChI=1S/C19H32O/c1-3-5-7-8-9-10-11-13-17-14-12-16-19(20)18(17)15-6-4-2/h12,14,16,20H,3-11,13,15H2,1-2H3. The minimum absolute atomic E-state index is 0.499. The number of phenols is 1. The van der Waals surface area contributed by atoms with Gasteiger partial charge in [0, 0.05) is 0 Å². The van der Waals surface area contributed by atoms with E-state index >= 15 is 0 Å². The Bertz CT molecular complexity index is 357. The van der Waals surface area contributed by atoms with Crippen LogP contribution in [0.4, 0.5) is 0 Å². The first-order chi connectivity index (χ1) is 9.79. The Morgan fingerprint density at radius 3 is 2.10 bits per heavy atom. The SMILES string of the molecule is CCCCCCCCCc1cccc(O)c1CCCC. The minimum atomic E-state index is 0.499. The third-order valence-electron chi connectivity index (χ3n) is 4.08. The molecule has 114 valence electrons. The normalized spacial score (nSPS) is 10.9. The van der Waals surface area contributed by atoms with Gasteiger partial charge >= 0.3 is 0 Å². The van der Waals surface area contributed by atoms with E-state index in [4.69, 9.17) is 0 Å². The van der Waals surface area contributed by atoms with Crippen LogP contribution in [0.25, 0.3) is 0 Å². The molecule has 1 rings (SSSR count). The lowest BCUT2D eigenvalue weighted by Crippen LogP contribution is -1.96. The number of hydrogen-bond donors (Lipinski definition) is 1. The predicted molar refractivity (Wildman–Crippen MR) is 88.4 cm³/mol. The molecular formula is C19H32O. The van der Waals surface area contributed by atoms with Gasteiger partial charge in [-0.05, 0) is 42.9 Å². The van der Waals surface area contributed by atoms with E-state index in [2.05, 4.69) is 19.9 Å². The van der Waals surface area contributed by atoms with Crippen LogP contribution in [0, 0.1) is 0 Å². The molecule has 1 aromatic carbocycles. The highest BCUT2D eigenvalue weighted by Gasteiger charge is 2.06. The fourth-order valence-corrected chi connectivity index (χ4v) is 2.77. The van der Waals surface area contributed by atoms with Gasteiger partial charge < -0.3 is 5.11 Å². The van der Waals surface area contributed by atoms with Crippen LogP contribution in [0.1, 0.15) is 82.8 Å². The Morgan fingerprint density at radius 2 is 1.40 bits per heavy atom. The summed E-state index contributed by atoms with van der Waals surface area (Å²) >= 11 is 0. The van der Waals surface area contributed by atoms with Crippen molar-refractivity contribution < 1.29 is 5.11 Å². The zero-order valence-corrected chi connectivity index (χ0v) is 13.5. The molecule has 0 radical (unpaired) electrons. The molecule has 0 aliphatic heterocycles. The average molecular weight is 276 g/mol. The Balaban J connectivity index is 2.33. The van der Waals surface area contributed by atoms with Crippen molar-refractivity contribution in [2.45, 2.75) is 84.5 Å². The summed E-state index contributed by atoms with van der Waals surface area (Å²) in [6.45, 7) is 4.47. The van der Waals surface area contributed by atoms with E-state index in [-0.39, 0.29) is 0 Å². The van der Waals surface area contributed by atoms with Crippen molar-refractivity contribution in [2.75, 3.05) is 0 Å². The molecule has 0 saturated heterocycles. The highest BCUT2D eigenvalue weighted by molar-refractivity contribution is 5.39. The molecule has 1 nitrogen and oxygen atoms in total. The van der Waals surface area contributed by atoms with Gasteiger partial charge in [0.15, 0.2) is 0 Å². The number of benzene rings is 1. The smallest absolute Gasteiger partial charge is 0.119 e. The van der Waals surface area contributed by atoms with Crippen LogP contribution < -0.4 is 0 Å². The molecule has 0 atom stereocenters. The molecule has 0 fully saturated rings. The van der Waals surface area contributed by atoms with Crippen LogP contribution in [0.15, 0.2) is 18.2 Å². The van der Waals surface area contributed by atoms with Gasteiger partial charge in [0.05, 0.1) is 0 Å². The monoisotopic (exact) mass is 276 g/mol. The molecule has 0 aliphatic carbocycles. The fourth-order valence-electron chi connectivity index (χ4n) is 2.77. The Morgan fingerprint density at radius 1 is 0.750 bits per heavy atom. The minimum Gasteiger partial charge on any atom is -0.508 e. The van der Waals surface area contributed by atoms with Gasteiger partial charge in [-0.3, -0.25) is 0 Å². The zero-order valence-electron chi connectivity index (χ0n) is 13.5. The summed E-state index contributed by atoms with van der Waals surface area (Å²) in [4.78, 5) is 0. The zero-order chi connectivity index (χ0) is 14.6. The van der Waals surface area contributed by atoms with Crippen molar-refractivity contribution in [2.24, 2.45) is 0 Å². The van der Waals surface area contributed by atoms with Gasteiger partial charge in [-0.25, -0.2) is 0 Å². The van der Waals surface area contributed by atoms with E-state index < -0.39 is 0 Å². The first-order valence-electron chi connectivity index (χ1n) is 8.59. The molecule has 0 spiro atoms. The van der Waals surface area contributed by atoms with E-state index in [1.807, 2.05) is 12.1 Å². The molecule has 20 heavy (non-hydrogen) atoms. The molecule has 0 aromatic heterocycles. The Hall–Kier alpha value is -0.980. The van der Waals surface area contributed by atoms with Gasteiger partial charge in [-0.2, -0.15) is 0 Å². The summed E-state index contributed by atoms with van der Waals surface area (Å²) in [5, 5.41) is 10.0.